The van der Waals surface area contributed by atoms with Crippen LogP contribution in [0.1, 0.15) is 31.4 Å². The highest BCUT2D eigenvalue weighted by atomic mass is 14.9. The number of nitrogens with one attached hydrogen (secondary N) is 1. The Bertz CT molecular complexity index is 665. The fourth-order valence-electron chi connectivity index (χ4n) is 2.96. The zero-order chi connectivity index (χ0) is 14.7. The van der Waals surface area contributed by atoms with Gasteiger partial charge in [0.05, 0.1) is 0 Å². The Kier molecular flexibility index (Phi) is 3.92. The summed E-state index contributed by atoms with van der Waals surface area (Å²) in [6.45, 7) is 4.41. The topological polar surface area (TPSA) is 12.0 Å². The van der Waals surface area contributed by atoms with Crippen LogP contribution in [0.3, 0.4) is 0 Å². The summed E-state index contributed by atoms with van der Waals surface area (Å²) in [5.41, 5.74) is 6.45. The minimum atomic E-state index is 0.463. The number of hydrogen-bond acceptors (Lipinski definition) is 1. The van der Waals surface area contributed by atoms with E-state index >= 15 is 0 Å². The second-order valence-electron chi connectivity index (χ2n) is 5.63. The van der Waals surface area contributed by atoms with E-state index < -0.39 is 0 Å². The molecular formula is C20H21N. The molecule has 0 aliphatic carbocycles. The van der Waals surface area contributed by atoms with Gasteiger partial charge in [0.1, 0.15) is 0 Å². The van der Waals surface area contributed by atoms with E-state index in [0.29, 0.717) is 6.04 Å². The van der Waals surface area contributed by atoms with Gasteiger partial charge in [-0.15, -0.1) is 0 Å². The molecule has 3 rings (SSSR count). The van der Waals surface area contributed by atoms with Crippen molar-refractivity contribution in [3.8, 4) is 0 Å². The summed E-state index contributed by atoms with van der Waals surface area (Å²) in [6.07, 6.45) is 3.41. The van der Waals surface area contributed by atoms with E-state index in [4.69, 9.17) is 0 Å². The van der Waals surface area contributed by atoms with Crippen LogP contribution in [0.15, 0.2) is 72.4 Å². The van der Waals surface area contributed by atoms with Crippen LogP contribution in [0.5, 0.6) is 0 Å². The molecule has 0 amide bonds. The molecule has 2 aromatic carbocycles. The maximum atomic E-state index is 3.62. The molecule has 1 heteroatoms. The van der Waals surface area contributed by atoms with Gasteiger partial charge in [-0.25, -0.2) is 0 Å². The minimum Gasteiger partial charge on any atom is -0.385 e. The molecule has 0 saturated carbocycles. The van der Waals surface area contributed by atoms with Crippen molar-refractivity contribution in [2.45, 2.75) is 26.3 Å². The molecule has 21 heavy (non-hydrogen) atoms. The Morgan fingerprint density at radius 2 is 1.43 bits per heavy atom. The highest BCUT2D eigenvalue weighted by Gasteiger charge is 2.17. The number of hydrogen-bond donors (Lipinski definition) is 1. The summed E-state index contributed by atoms with van der Waals surface area (Å²) in [7, 11) is 0. The smallest absolute Gasteiger partial charge is 0.0264 e. The summed E-state index contributed by atoms with van der Waals surface area (Å²) in [6, 6.07) is 21.8. The molecule has 2 aromatic rings. The largest absolute Gasteiger partial charge is 0.385 e. The second kappa shape index (κ2) is 6.01. The van der Waals surface area contributed by atoms with Crippen molar-refractivity contribution in [1.29, 1.82) is 0 Å². The fourth-order valence-corrected chi connectivity index (χ4v) is 2.96. The SMILES string of the molecule is CC1=C(c2ccccc2)C(c2ccccc2)=CCC(C)N1. The van der Waals surface area contributed by atoms with E-state index in [1.165, 1.54) is 28.0 Å². The molecule has 106 valence electrons. The number of allylic oxidation sites excluding steroid dienone is 3. The van der Waals surface area contributed by atoms with Gasteiger partial charge in [0.25, 0.3) is 0 Å². The molecule has 1 N–H and O–H groups in total. The third-order valence-corrected chi connectivity index (χ3v) is 3.93. The van der Waals surface area contributed by atoms with Crippen LogP contribution in [-0.2, 0) is 0 Å². The summed E-state index contributed by atoms with van der Waals surface area (Å²) in [5.74, 6) is 0. The molecule has 0 spiro atoms. The van der Waals surface area contributed by atoms with Gasteiger partial charge in [-0.3, -0.25) is 0 Å². The first kappa shape index (κ1) is 13.7. The van der Waals surface area contributed by atoms with E-state index in [1.54, 1.807) is 0 Å². The highest BCUT2D eigenvalue weighted by Crippen LogP contribution is 2.35. The molecule has 1 heterocycles. The average molecular weight is 275 g/mol. The van der Waals surface area contributed by atoms with Crippen LogP contribution >= 0.6 is 0 Å². The van der Waals surface area contributed by atoms with Crippen molar-refractivity contribution in [2.75, 3.05) is 0 Å². The lowest BCUT2D eigenvalue weighted by Gasteiger charge is -2.17. The molecule has 1 nitrogen and oxygen atoms in total. The normalized spacial score (nSPS) is 18.8. The summed E-state index contributed by atoms with van der Waals surface area (Å²) in [5, 5.41) is 3.62. The number of benzene rings is 2. The maximum Gasteiger partial charge on any atom is 0.0264 e. The zero-order valence-corrected chi connectivity index (χ0v) is 12.6. The molecule has 1 atom stereocenters. The molecule has 0 fully saturated rings. The lowest BCUT2D eigenvalue weighted by molar-refractivity contribution is 0.628. The fraction of sp³-hybridized carbons (Fsp3) is 0.200. The Labute approximate surface area is 127 Å². The van der Waals surface area contributed by atoms with Gasteiger partial charge < -0.3 is 5.32 Å². The summed E-state index contributed by atoms with van der Waals surface area (Å²) in [4.78, 5) is 0. The van der Waals surface area contributed by atoms with Gasteiger partial charge in [-0.05, 0) is 37.0 Å². The lowest BCUT2D eigenvalue weighted by atomic mass is 9.91. The van der Waals surface area contributed by atoms with Gasteiger partial charge >= 0.3 is 0 Å². The van der Waals surface area contributed by atoms with Gasteiger partial charge in [0.15, 0.2) is 0 Å². The molecule has 0 radical (unpaired) electrons. The zero-order valence-electron chi connectivity index (χ0n) is 12.6. The van der Waals surface area contributed by atoms with E-state index in [9.17, 15) is 0 Å². The monoisotopic (exact) mass is 275 g/mol. The van der Waals surface area contributed by atoms with E-state index in [2.05, 4.69) is 85.9 Å². The van der Waals surface area contributed by atoms with Gasteiger partial charge in [0, 0.05) is 17.3 Å². The average Bonchev–Trinajstić information content (AvgIpc) is 2.67. The quantitative estimate of drug-likeness (QED) is 0.823. The summed E-state index contributed by atoms with van der Waals surface area (Å²) >= 11 is 0. The molecule has 1 aliphatic heterocycles. The molecule has 0 aromatic heterocycles. The second-order valence-corrected chi connectivity index (χ2v) is 5.63. The maximum absolute atomic E-state index is 3.62. The predicted octanol–water partition coefficient (Wildman–Crippen LogP) is 4.88. The van der Waals surface area contributed by atoms with Crippen LogP contribution in [0.2, 0.25) is 0 Å². The Balaban J connectivity index is 2.16. The van der Waals surface area contributed by atoms with Crippen molar-refractivity contribution in [2.24, 2.45) is 0 Å². The van der Waals surface area contributed by atoms with Crippen LogP contribution in [0, 0.1) is 0 Å². The first-order valence-electron chi connectivity index (χ1n) is 7.54. The Morgan fingerprint density at radius 3 is 2.05 bits per heavy atom. The first-order chi connectivity index (χ1) is 10.3. The van der Waals surface area contributed by atoms with Crippen molar-refractivity contribution >= 4 is 11.1 Å². The van der Waals surface area contributed by atoms with Crippen molar-refractivity contribution in [3.63, 3.8) is 0 Å². The Morgan fingerprint density at radius 1 is 0.857 bits per heavy atom. The number of rotatable bonds is 2. The Hall–Kier alpha value is -2.28. The van der Waals surface area contributed by atoms with Crippen LogP contribution in [0.4, 0.5) is 0 Å². The molecule has 0 bridgehead atoms. The van der Waals surface area contributed by atoms with E-state index in [-0.39, 0.29) is 0 Å². The predicted molar refractivity (Wildman–Crippen MR) is 90.7 cm³/mol. The van der Waals surface area contributed by atoms with E-state index in [1.807, 2.05) is 0 Å². The highest BCUT2D eigenvalue weighted by molar-refractivity contribution is 6.06. The van der Waals surface area contributed by atoms with Crippen LogP contribution in [-0.4, -0.2) is 6.04 Å². The third-order valence-electron chi connectivity index (χ3n) is 3.93. The minimum absolute atomic E-state index is 0.463. The van der Waals surface area contributed by atoms with Gasteiger partial charge in [0.2, 0.25) is 0 Å². The third kappa shape index (κ3) is 2.92. The first-order valence-corrected chi connectivity index (χ1v) is 7.54. The lowest BCUT2D eigenvalue weighted by Crippen LogP contribution is -2.22. The molecule has 0 saturated heterocycles. The standard InChI is InChI=1S/C20H21N/c1-15-13-14-19(17-9-5-3-6-10-17)20(16(2)21-15)18-11-7-4-8-12-18/h3-12,14-15,21H,13H2,1-2H3. The van der Waals surface area contributed by atoms with Crippen LogP contribution in [0.25, 0.3) is 11.1 Å². The van der Waals surface area contributed by atoms with Gasteiger partial charge in [-0.1, -0.05) is 66.7 Å². The molecule has 1 unspecified atom stereocenters. The van der Waals surface area contributed by atoms with Crippen molar-refractivity contribution in [1.82, 2.24) is 5.32 Å². The van der Waals surface area contributed by atoms with Crippen LogP contribution < -0.4 is 5.32 Å². The summed E-state index contributed by atoms with van der Waals surface area (Å²) < 4.78 is 0. The van der Waals surface area contributed by atoms with Gasteiger partial charge in [-0.2, -0.15) is 0 Å². The van der Waals surface area contributed by atoms with Crippen molar-refractivity contribution < 1.29 is 0 Å². The molecular weight excluding hydrogens is 254 g/mol. The van der Waals surface area contributed by atoms with Crippen molar-refractivity contribution in [3.05, 3.63) is 83.6 Å². The molecule has 1 aliphatic rings. The van der Waals surface area contributed by atoms with E-state index in [0.717, 1.165) is 6.42 Å².